The Morgan fingerprint density at radius 2 is 1.86 bits per heavy atom. The van der Waals surface area contributed by atoms with Crippen molar-refractivity contribution in [3.8, 4) is 0 Å². The van der Waals surface area contributed by atoms with Gasteiger partial charge in [-0.3, -0.25) is 14.4 Å². The normalized spacial score (nSPS) is 11.4. The summed E-state index contributed by atoms with van der Waals surface area (Å²) in [5.41, 5.74) is 0. The van der Waals surface area contributed by atoms with Crippen molar-refractivity contribution in [2.24, 2.45) is 0 Å². The van der Waals surface area contributed by atoms with Gasteiger partial charge in [-0.15, -0.1) is 0 Å². The van der Waals surface area contributed by atoms with Crippen LogP contribution >= 0.6 is 0 Å². The molecule has 0 aromatic heterocycles. The molecule has 0 aromatic rings. The Labute approximate surface area is 82.4 Å². The molecule has 0 aromatic carbocycles. The number of hydrogen-bond donors (Lipinski definition) is 3. The molecule has 1 atom stereocenters. The molecule has 0 fully saturated rings. The molecule has 3 N–H and O–H groups in total. The average molecular weight is 201 g/mol. The van der Waals surface area contributed by atoms with E-state index in [1.165, 1.54) is 14.0 Å². The van der Waals surface area contributed by atoms with Gasteiger partial charge >= 0.3 is 0 Å². The van der Waals surface area contributed by atoms with Crippen LogP contribution in [0.3, 0.4) is 0 Å². The minimum atomic E-state index is -0.628. The maximum Gasteiger partial charge on any atom is 0.242 e. The molecule has 0 rings (SSSR count). The first-order chi connectivity index (χ1) is 6.47. The summed E-state index contributed by atoms with van der Waals surface area (Å²) in [6.07, 6.45) is 0. The van der Waals surface area contributed by atoms with E-state index in [1.807, 2.05) is 0 Å². The number of hydrogen-bond acceptors (Lipinski definition) is 3. The molecule has 0 aliphatic heterocycles. The molecule has 0 heterocycles. The Kier molecular flexibility index (Phi) is 5.28. The molecular formula is C8H15N3O3. The van der Waals surface area contributed by atoms with Gasteiger partial charge in [0.2, 0.25) is 17.7 Å². The summed E-state index contributed by atoms with van der Waals surface area (Å²) in [7, 11) is 1.48. The second kappa shape index (κ2) is 5.95. The van der Waals surface area contributed by atoms with Gasteiger partial charge in [0.15, 0.2) is 0 Å². The lowest BCUT2D eigenvalue weighted by atomic mass is 10.3. The summed E-state index contributed by atoms with van der Waals surface area (Å²) in [5, 5.41) is 7.13. The zero-order valence-electron chi connectivity index (χ0n) is 8.51. The fourth-order valence-electron chi connectivity index (χ4n) is 0.779. The Balaban J connectivity index is 3.84. The second-order valence-electron chi connectivity index (χ2n) is 2.81. The molecule has 0 saturated heterocycles. The minimum Gasteiger partial charge on any atom is -0.358 e. The monoisotopic (exact) mass is 201 g/mol. The summed E-state index contributed by atoms with van der Waals surface area (Å²) < 4.78 is 0. The van der Waals surface area contributed by atoms with Crippen LogP contribution in [0.5, 0.6) is 0 Å². The average Bonchev–Trinajstić information content (AvgIpc) is 2.12. The van der Waals surface area contributed by atoms with Crippen molar-refractivity contribution >= 4 is 17.7 Å². The van der Waals surface area contributed by atoms with Crippen LogP contribution < -0.4 is 16.0 Å². The molecular weight excluding hydrogens is 186 g/mol. The van der Waals surface area contributed by atoms with Crippen LogP contribution in [0.25, 0.3) is 0 Å². The first-order valence-electron chi connectivity index (χ1n) is 4.22. The first-order valence-corrected chi connectivity index (χ1v) is 4.22. The Morgan fingerprint density at radius 3 is 2.29 bits per heavy atom. The van der Waals surface area contributed by atoms with E-state index in [2.05, 4.69) is 16.0 Å². The molecule has 0 spiro atoms. The number of carbonyl (C=O) groups is 3. The smallest absolute Gasteiger partial charge is 0.242 e. The van der Waals surface area contributed by atoms with Crippen molar-refractivity contribution in [2.75, 3.05) is 13.6 Å². The molecule has 6 nitrogen and oxygen atoms in total. The first kappa shape index (κ1) is 12.4. The van der Waals surface area contributed by atoms with Gasteiger partial charge in [-0.05, 0) is 6.92 Å². The van der Waals surface area contributed by atoms with Gasteiger partial charge in [-0.25, -0.2) is 0 Å². The molecule has 0 radical (unpaired) electrons. The van der Waals surface area contributed by atoms with E-state index in [1.54, 1.807) is 6.92 Å². The lowest BCUT2D eigenvalue weighted by molar-refractivity contribution is -0.129. The Hall–Kier alpha value is -1.59. The van der Waals surface area contributed by atoms with E-state index in [0.717, 1.165) is 0 Å². The lowest BCUT2D eigenvalue weighted by Crippen LogP contribution is -2.46. The van der Waals surface area contributed by atoms with E-state index in [4.69, 9.17) is 0 Å². The fraction of sp³-hybridized carbons (Fsp3) is 0.625. The van der Waals surface area contributed by atoms with Gasteiger partial charge in [0.05, 0.1) is 6.54 Å². The van der Waals surface area contributed by atoms with E-state index in [-0.39, 0.29) is 24.3 Å². The van der Waals surface area contributed by atoms with E-state index in [9.17, 15) is 14.4 Å². The van der Waals surface area contributed by atoms with Gasteiger partial charge in [0, 0.05) is 14.0 Å². The summed E-state index contributed by atoms with van der Waals surface area (Å²) in [4.78, 5) is 32.5. The van der Waals surface area contributed by atoms with Crippen LogP contribution in [0.15, 0.2) is 0 Å². The number of nitrogens with one attached hydrogen (secondary N) is 3. The maximum atomic E-state index is 11.2. The molecule has 0 bridgehead atoms. The largest absolute Gasteiger partial charge is 0.358 e. The fourth-order valence-corrected chi connectivity index (χ4v) is 0.779. The second-order valence-corrected chi connectivity index (χ2v) is 2.81. The van der Waals surface area contributed by atoms with E-state index in [0.29, 0.717) is 0 Å². The molecule has 0 aliphatic rings. The highest BCUT2D eigenvalue weighted by Gasteiger charge is 2.13. The number of amides is 3. The number of rotatable bonds is 4. The third-order valence-electron chi connectivity index (χ3n) is 1.52. The van der Waals surface area contributed by atoms with Crippen LogP contribution in [0.2, 0.25) is 0 Å². The van der Waals surface area contributed by atoms with Crippen LogP contribution in [-0.4, -0.2) is 37.4 Å². The Morgan fingerprint density at radius 1 is 1.29 bits per heavy atom. The third kappa shape index (κ3) is 5.13. The highest BCUT2D eigenvalue weighted by molar-refractivity contribution is 5.89. The van der Waals surface area contributed by atoms with Crippen molar-refractivity contribution in [3.05, 3.63) is 0 Å². The zero-order valence-corrected chi connectivity index (χ0v) is 8.51. The molecule has 80 valence electrons. The van der Waals surface area contributed by atoms with Crippen LogP contribution in [-0.2, 0) is 14.4 Å². The van der Waals surface area contributed by atoms with Crippen LogP contribution in [0.1, 0.15) is 13.8 Å². The van der Waals surface area contributed by atoms with Crippen molar-refractivity contribution in [1.82, 2.24) is 16.0 Å². The number of carbonyl (C=O) groups excluding carboxylic acids is 3. The quantitative estimate of drug-likeness (QED) is 0.510. The summed E-state index contributed by atoms with van der Waals surface area (Å²) in [6, 6.07) is -0.628. The highest BCUT2D eigenvalue weighted by Crippen LogP contribution is 1.81. The van der Waals surface area contributed by atoms with Gasteiger partial charge in [0.25, 0.3) is 0 Å². The van der Waals surface area contributed by atoms with Crippen LogP contribution in [0, 0.1) is 0 Å². The SMILES string of the molecule is CNC(=O)CNC(=O)[C@H](C)NC(C)=O. The molecule has 0 unspecified atom stereocenters. The number of likely N-dealkylation sites (N-methyl/N-ethyl adjacent to an activating group) is 1. The third-order valence-corrected chi connectivity index (χ3v) is 1.52. The molecule has 0 saturated carbocycles. The topological polar surface area (TPSA) is 87.3 Å². The molecule has 3 amide bonds. The van der Waals surface area contributed by atoms with E-state index >= 15 is 0 Å². The summed E-state index contributed by atoms with van der Waals surface area (Å²) in [6.45, 7) is 2.78. The van der Waals surface area contributed by atoms with Gasteiger partial charge < -0.3 is 16.0 Å². The lowest BCUT2D eigenvalue weighted by Gasteiger charge is -2.11. The van der Waals surface area contributed by atoms with Crippen molar-refractivity contribution in [1.29, 1.82) is 0 Å². The van der Waals surface area contributed by atoms with Crippen molar-refractivity contribution in [2.45, 2.75) is 19.9 Å². The van der Waals surface area contributed by atoms with Gasteiger partial charge in [-0.1, -0.05) is 0 Å². The molecule has 14 heavy (non-hydrogen) atoms. The predicted molar refractivity (Wildman–Crippen MR) is 50.4 cm³/mol. The highest BCUT2D eigenvalue weighted by atomic mass is 16.2. The van der Waals surface area contributed by atoms with E-state index < -0.39 is 6.04 Å². The molecule has 6 heteroatoms. The van der Waals surface area contributed by atoms with Gasteiger partial charge in [-0.2, -0.15) is 0 Å². The minimum absolute atomic E-state index is 0.0841. The van der Waals surface area contributed by atoms with Gasteiger partial charge in [0.1, 0.15) is 6.04 Å². The maximum absolute atomic E-state index is 11.2. The zero-order chi connectivity index (χ0) is 11.1. The summed E-state index contributed by atoms with van der Waals surface area (Å²) in [5.74, 6) is -0.954. The van der Waals surface area contributed by atoms with Crippen molar-refractivity contribution in [3.63, 3.8) is 0 Å². The predicted octanol–water partition coefficient (Wildman–Crippen LogP) is -1.63. The summed E-state index contributed by atoms with van der Waals surface area (Å²) >= 11 is 0. The van der Waals surface area contributed by atoms with Crippen LogP contribution in [0.4, 0.5) is 0 Å². The standard InChI is InChI=1S/C8H15N3O3/c1-5(11-6(2)12)8(14)10-4-7(13)9-3/h5H,4H2,1-3H3,(H,9,13)(H,10,14)(H,11,12)/t5-/m0/s1. The van der Waals surface area contributed by atoms with Crippen molar-refractivity contribution < 1.29 is 14.4 Å². The molecule has 0 aliphatic carbocycles. The Bertz CT molecular complexity index is 240.